The van der Waals surface area contributed by atoms with Gasteiger partial charge in [0.1, 0.15) is 5.82 Å². The van der Waals surface area contributed by atoms with Gasteiger partial charge in [0.2, 0.25) is 5.91 Å². The fraction of sp³-hybridized carbons (Fsp3) is 0.278. The molecule has 0 unspecified atom stereocenters. The van der Waals surface area contributed by atoms with Gasteiger partial charge < -0.3 is 14.8 Å². The predicted octanol–water partition coefficient (Wildman–Crippen LogP) is 3.01. The van der Waals surface area contributed by atoms with Gasteiger partial charge in [-0.2, -0.15) is 0 Å². The molecule has 0 aliphatic heterocycles. The molecule has 4 nitrogen and oxygen atoms in total. The third-order valence-electron chi connectivity index (χ3n) is 3.60. The van der Waals surface area contributed by atoms with Gasteiger partial charge in [-0.3, -0.25) is 4.79 Å². The number of carbonyl (C=O) groups excluding carboxylic acids is 1. The van der Waals surface area contributed by atoms with E-state index in [0.717, 1.165) is 16.7 Å². The first-order chi connectivity index (χ1) is 11.0. The maximum absolute atomic E-state index is 12.8. The molecule has 0 saturated carbocycles. The summed E-state index contributed by atoms with van der Waals surface area (Å²) in [5.41, 5.74) is 2.73. The van der Waals surface area contributed by atoms with Gasteiger partial charge in [0, 0.05) is 6.54 Å². The molecule has 1 N–H and O–H groups in total. The predicted molar refractivity (Wildman–Crippen MR) is 86.2 cm³/mol. The van der Waals surface area contributed by atoms with Crippen molar-refractivity contribution in [2.45, 2.75) is 19.9 Å². The second-order valence-electron chi connectivity index (χ2n) is 5.21. The van der Waals surface area contributed by atoms with Crippen molar-refractivity contribution < 1.29 is 18.7 Å². The highest BCUT2D eigenvalue weighted by molar-refractivity contribution is 5.78. The number of amides is 1. The second-order valence-corrected chi connectivity index (χ2v) is 5.21. The van der Waals surface area contributed by atoms with Crippen LogP contribution < -0.4 is 14.8 Å². The van der Waals surface area contributed by atoms with Crippen molar-refractivity contribution in [3.8, 4) is 11.5 Å². The minimum absolute atomic E-state index is 0.120. The molecular formula is C18H20FNO3. The van der Waals surface area contributed by atoms with E-state index in [1.54, 1.807) is 26.4 Å². The van der Waals surface area contributed by atoms with Gasteiger partial charge in [-0.1, -0.05) is 12.1 Å². The monoisotopic (exact) mass is 317 g/mol. The van der Waals surface area contributed by atoms with E-state index in [-0.39, 0.29) is 18.1 Å². The van der Waals surface area contributed by atoms with Gasteiger partial charge >= 0.3 is 0 Å². The Labute approximate surface area is 135 Å². The third kappa shape index (κ3) is 4.45. The number of methoxy groups -OCH3 is 2. The average Bonchev–Trinajstić information content (AvgIpc) is 2.55. The van der Waals surface area contributed by atoms with Crippen LogP contribution in [0.1, 0.15) is 16.7 Å². The molecule has 0 radical (unpaired) electrons. The fourth-order valence-electron chi connectivity index (χ4n) is 2.26. The molecule has 0 spiro atoms. The standard InChI is InChI=1S/C18H20FNO3/c1-12-8-16(22-2)17(23-3)10-14(12)11-20-18(21)9-13-4-6-15(19)7-5-13/h4-8,10H,9,11H2,1-3H3,(H,20,21). The highest BCUT2D eigenvalue weighted by Gasteiger charge is 2.10. The van der Waals surface area contributed by atoms with Crippen molar-refractivity contribution in [2.24, 2.45) is 0 Å². The Kier molecular flexibility index (Phi) is 5.57. The molecule has 23 heavy (non-hydrogen) atoms. The van der Waals surface area contributed by atoms with E-state index in [1.165, 1.54) is 12.1 Å². The molecule has 2 aromatic carbocycles. The number of hydrogen-bond acceptors (Lipinski definition) is 3. The van der Waals surface area contributed by atoms with Crippen LogP contribution in [0.3, 0.4) is 0 Å². The van der Waals surface area contributed by atoms with Crippen molar-refractivity contribution in [2.75, 3.05) is 14.2 Å². The topological polar surface area (TPSA) is 47.6 Å². The van der Waals surface area contributed by atoms with Gasteiger partial charge in [0.15, 0.2) is 11.5 Å². The summed E-state index contributed by atoms with van der Waals surface area (Å²) in [5.74, 6) is 0.855. The Balaban J connectivity index is 1.99. The summed E-state index contributed by atoms with van der Waals surface area (Å²) >= 11 is 0. The summed E-state index contributed by atoms with van der Waals surface area (Å²) < 4.78 is 23.4. The van der Waals surface area contributed by atoms with Crippen molar-refractivity contribution in [3.05, 3.63) is 58.9 Å². The summed E-state index contributed by atoms with van der Waals surface area (Å²) in [5, 5.41) is 2.86. The van der Waals surface area contributed by atoms with Gasteiger partial charge in [-0.05, 0) is 47.9 Å². The maximum Gasteiger partial charge on any atom is 0.224 e. The van der Waals surface area contributed by atoms with E-state index < -0.39 is 0 Å². The molecule has 0 saturated heterocycles. The van der Waals surface area contributed by atoms with Gasteiger partial charge in [-0.15, -0.1) is 0 Å². The van der Waals surface area contributed by atoms with Crippen LogP contribution in [0.4, 0.5) is 4.39 Å². The lowest BCUT2D eigenvalue weighted by Crippen LogP contribution is -2.25. The Hall–Kier alpha value is -2.56. The first-order valence-electron chi connectivity index (χ1n) is 7.26. The number of carbonyl (C=O) groups is 1. The lowest BCUT2D eigenvalue weighted by Gasteiger charge is -2.13. The molecule has 2 rings (SSSR count). The molecule has 5 heteroatoms. The molecule has 122 valence electrons. The zero-order valence-electron chi connectivity index (χ0n) is 13.5. The minimum atomic E-state index is -0.310. The van der Waals surface area contributed by atoms with Crippen LogP contribution in [0, 0.1) is 12.7 Å². The number of rotatable bonds is 6. The molecule has 1 amide bonds. The number of ether oxygens (including phenoxy) is 2. The van der Waals surface area contributed by atoms with E-state index in [4.69, 9.17) is 9.47 Å². The Morgan fingerprint density at radius 3 is 2.30 bits per heavy atom. The van der Waals surface area contributed by atoms with Gasteiger partial charge in [-0.25, -0.2) is 4.39 Å². The van der Waals surface area contributed by atoms with Crippen molar-refractivity contribution in [3.63, 3.8) is 0 Å². The molecule has 0 bridgehead atoms. The molecule has 0 fully saturated rings. The fourth-order valence-corrected chi connectivity index (χ4v) is 2.26. The summed E-state index contributed by atoms with van der Waals surface area (Å²) in [6.45, 7) is 2.34. The quantitative estimate of drug-likeness (QED) is 0.891. The van der Waals surface area contributed by atoms with Gasteiger partial charge in [0.25, 0.3) is 0 Å². The largest absolute Gasteiger partial charge is 0.493 e. The normalized spacial score (nSPS) is 10.3. The third-order valence-corrected chi connectivity index (χ3v) is 3.60. The van der Waals surface area contributed by atoms with E-state index >= 15 is 0 Å². The first kappa shape index (κ1) is 16.8. The van der Waals surface area contributed by atoms with Crippen LogP contribution in [0.15, 0.2) is 36.4 Å². The van der Waals surface area contributed by atoms with Crippen LogP contribution in [-0.4, -0.2) is 20.1 Å². The Bertz CT molecular complexity index is 683. The first-order valence-corrected chi connectivity index (χ1v) is 7.26. The van der Waals surface area contributed by atoms with Crippen LogP contribution in [0.25, 0.3) is 0 Å². The molecule has 0 heterocycles. The number of hydrogen-bond donors (Lipinski definition) is 1. The van der Waals surface area contributed by atoms with Crippen molar-refractivity contribution in [1.82, 2.24) is 5.32 Å². The maximum atomic E-state index is 12.8. The van der Waals surface area contributed by atoms with E-state index in [1.807, 2.05) is 19.1 Å². The molecule has 0 aliphatic rings. The van der Waals surface area contributed by atoms with Crippen LogP contribution in [-0.2, 0) is 17.8 Å². The van der Waals surface area contributed by atoms with Crippen molar-refractivity contribution >= 4 is 5.91 Å². The van der Waals surface area contributed by atoms with E-state index in [9.17, 15) is 9.18 Å². The van der Waals surface area contributed by atoms with E-state index in [0.29, 0.717) is 18.0 Å². The summed E-state index contributed by atoms with van der Waals surface area (Å²) in [4.78, 5) is 12.0. The molecule has 0 aromatic heterocycles. The molecule has 0 aliphatic carbocycles. The molecule has 2 aromatic rings. The van der Waals surface area contributed by atoms with E-state index in [2.05, 4.69) is 5.32 Å². The number of halogens is 1. The SMILES string of the molecule is COc1cc(C)c(CNC(=O)Cc2ccc(F)cc2)cc1OC. The molecule has 0 atom stereocenters. The second kappa shape index (κ2) is 7.63. The average molecular weight is 317 g/mol. The smallest absolute Gasteiger partial charge is 0.224 e. The van der Waals surface area contributed by atoms with Crippen LogP contribution >= 0.6 is 0 Å². The summed E-state index contributed by atoms with van der Waals surface area (Å²) in [6.07, 6.45) is 0.215. The Morgan fingerprint density at radius 1 is 1.09 bits per heavy atom. The molecular weight excluding hydrogens is 297 g/mol. The lowest BCUT2D eigenvalue weighted by atomic mass is 10.1. The van der Waals surface area contributed by atoms with Gasteiger partial charge in [0.05, 0.1) is 20.6 Å². The summed E-state index contributed by atoms with van der Waals surface area (Å²) in [7, 11) is 3.16. The lowest BCUT2D eigenvalue weighted by molar-refractivity contribution is -0.120. The zero-order valence-corrected chi connectivity index (χ0v) is 13.5. The Morgan fingerprint density at radius 2 is 1.70 bits per heavy atom. The minimum Gasteiger partial charge on any atom is -0.493 e. The highest BCUT2D eigenvalue weighted by Crippen LogP contribution is 2.30. The highest BCUT2D eigenvalue weighted by atomic mass is 19.1. The number of nitrogens with one attached hydrogen (secondary N) is 1. The zero-order chi connectivity index (χ0) is 16.8. The number of benzene rings is 2. The number of aryl methyl sites for hydroxylation is 1. The summed E-state index contributed by atoms with van der Waals surface area (Å²) in [6, 6.07) is 9.64. The van der Waals surface area contributed by atoms with Crippen LogP contribution in [0.5, 0.6) is 11.5 Å². The van der Waals surface area contributed by atoms with Crippen molar-refractivity contribution in [1.29, 1.82) is 0 Å². The van der Waals surface area contributed by atoms with Crippen LogP contribution in [0.2, 0.25) is 0 Å².